The second kappa shape index (κ2) is 6.85. The van der Waals surface area contributed by atoms with Crippen LogP contribution < -0.4 is 5.73 Å². The summed E-state index contributed by atoms with van der Waals surface area (Å²) in [5.74, 6) is 2.80. The molecular weight excluding hydrogens is 396 g/mol. The van der Waals surface area contributed by atoms with Gasteiger partial charge in [-0.3, -0.25) is 4.79 Å². The lowest BCUT2D eigenvalue weighted by Crippen LogP contribution is -2.50. The molecule has 28 heavy (non-hydrogen) atoms. The number of aromatic nitrogens is 3. The molecule has 0 aromatic carbocycles. The lowest BCUT2D eigenvalue weighted by atomic mass is 10.00. The van der Waals surface area contributed by atoms with Crippen LogP contribution in [0.25, 0.3) is 11.0 Å². The highest BCUT2D eigenvalue weighted by Gasteiger charge is 2.53. The summed E-state index contributed by atoms with van der Waals surface area (Å²) in [7, 11) is -2.19. The number of nitrogens with zero attached hydrogens (tertiary/aromatic N) is 3. The van der Waals surface area contributed by atoms with Gasteiger partial charge in [0.15, 0.2) is 14.6 Å². The van der Waals surface area contributed by atoms with E-state index in [1.165, 1.54) is 0 Å². The Labute approximate surface area is 170 Å². The third-order valence-electron chi connectivity index (χ3n) is 5.75. The number of hydrogen-bond donors (Lipinski definition) is 1. The number of terminal acetylenes is 1. The van der Waals surface area contributed by atoms with Crippen molar-refractivity contribution in [2.24, 2.45) is 0 Å². The molecule has 0 unspecified atom stereocenters. The van der Waals surface area contributed by atoms with Gasteiger partial charge < -0.3 is 19.5 Å². The maximum absolute atomic E-state index is 12.0. The van der Waals surface area contributed by atoms with E-state index in [1.54, 1.807) is 16.8 Å². The number of anilines is 1. The van der Waals surface area contributed by atoms with Gasteiger partial charge in [0.2, 0.25) is 10.9 Å². The van der Waals surface area contributed by atoms with E-state index in [-0.39, 0.29) is 16.1 Å². The molecule has 9 heteroatoms. The first-order valence-electron chi connectivity index (χ1n) is 9.03. The van der Waals surface area contributed by atoms with Gasteiger partial charge in [-0.1, -0.05) is 26.7 Å². The Hall–Kier alpha value is -1.92. The molecule has 1 aliphatic rings. The number of aldehydes is 1. The number of rotatable bonds is 4. The smallest absolute Gasteiger partial charge is 0.226 e. The molecule has 0 aliphatic carbocycles. The zero-order valence-electron chi connectivity index (χ0n) is 16.7. The number of nitrogen functional groups attached to an aromatic ring is 1. The van der Waals surface area contributed by atoms with Crippen molar-refractivity contribution in [2.75, 3.05) is 5.73 Å². The number of hydrogen-bond acceptors (Lipinski definition) is 6. The second-order valence-corrected chi connectivity index (χ2v) is 13.7. The molecule has 0 saturated carbocycles. The van der Waals surface area contributed by atoms with Crippen LogP contribution in [0.15, 0.2) is 12.3 Å². The van der Waals surface area contributed by atoms with E-state index in [4.69, 9.17) is 32.9 Å². The van der Waals surface area contributed by atoms with Crippen molar-refractivity contribution in [3.63, 3.8) is 0 Å². The van der Waals surface area contributed by atoms with Gasteiger partial charge in [-0.15, -0.1) is 6.42 Å². The van der Waals surface area contributed by atoms with E-state index in [0.29, 0.717) is 23.7 Å². The highest BCUT2D eigenvalue weighted by atomic mass is 35.5. The van der Waals surface area contributed by atoms with Gasteiger partial charge in [-0.2, -0.15) is 4.98 Å². The van der Waals surface area contributed by atoms with Gasteiger partial charge >= 0.3 is 0 Å². The Morgan fingerprint density at radius 3 is 2.75 bits per heavy atom. The zero-order chi connectivity index (χ0) is 20.9. The van der Waals surface area contributed by atoms with E-state index in [9.17, 15) is 4.79 Å². The SMILES string of the molecule is C#C[C@]1(C=O)O[C@@H](n2ccc3c(N)nc(Cl)nc32)C[C@@H]1O[Si](C)(C)C(C)(C)C. The van der Waals surface area contributed by atoms with Crippen LogP contribution >= 0.6 is 11.6 Å². The van der Waals surface area contributed by atoms with E-state index in [0.717, 1.165) is 0 Å². The van der Waals surface area contributed by atoms with Crippen LogP contribution in [0.4, 0.5) is 5.82 Å². The summed E-state index contributed by atoms with van der Waals surface area (Å²) in [4.78, 5) is 20.2. The molecule has 3 atom stereocenters. The summed E-state index contributed by atoms with van der Waals surface area (Å²) in [6.07, 6.45) is 7.46. The molecule has 3 heterocycles. The molecule has 2 aromatic heterocycles. The van der Waals surface area contributed by atoms with Gasteiger partial charge in [-0.05, 0) is 35.8 Å². The summed E-state index contributed by atoms with van der Waals surface area (Å²) in [5.41, 5.74) is 5.00. The first kappa shape index (κ1) is 20.8. The first-order chi connectivity index (χ1) is 12.9. The zero-order valence-corrected chi connectivity index (χ0v) is 18.4. The van der Waals surface area contributed by atoms with Crippen LogP contribution in [-0.4, -0.2) is 40.8 Å². The van der Waals surface area contributed by atoms with Gasteiger partial charge in [0.05, 0.1) is 11.5 Å². The first-order valence-corrected chi connectivity index (χ1v) is 12.3. The standard InChI is InChI=1S/C19H25ClN4O3Si/c1-7-19(11-25)13(27-28(5,6)18(2,3)4)10-14(26-19)24-9-8-12-15(21)22-17(20)23-16(12)24/h1,8-9,11,13-14H,10H2,2-6H3,(H2,21,22,23)/t13-,14+,19+/m0/s1. The molecule has 150 valence electrons. The average molecular weight is 421 g/mol. The molecule has 1 aliphatic heterocycles. The van der Waals surface area contributed by atoms with Crippen molar-refractivity contribution in [3.8, 4) is 12.3 Å². The van der Waals surface area contributed by atoms with E-state index in [2.05, 4.69) is 49.8 Å². The summed E-state index contributed by atoms with van der Waals surface area (Å²) in [6.45, 7) is 10.6. The Morgan fingerprint density at radius 1 is 1.50 bits per heavy atom. The minimum Gasteiger partial charge on any atom is -0.409 e. The Kier molecular flexibility index (Phi) is 5.09. The topological polar surface area (TPSA) is 92.3 Å². The molecule has 3 rings (SSSR count). The van der Waals surface area contributed by atoms with E-state index in [1.807, 2.05) is 0 Å². The molecule has 1 fully saturated rings. The van der Waals surface area contributed by atoms with Crippen molar-refractivity contribution in [3.05, 3.63) is 17.5 Å². The van der Waals surface area contributed by atoms with E-state index < -0.39 is 26.3 Å². The number of carbonyl (C=O) groups is 1. The quantitative estimate of drug-likeness (QED) is 0.352. The average Bonchev–Trinajstić information content (AvgIpc) is 3.15. The van der Waals surface area contributed by atoms with Crippen molar-refractivity contribution in [2.45, 2.75) is 63.3 Å². The summed E-state index contributed by atoms with van der Waals surface area (Å²) >= 11 is 5.97. The molecule has 0 radical (unpaired) electrons. The third kappa shape index (κ3) is 3.33. The molecule has 2 aromatic rings. The number of halogens is 1. The maximum atomic E-state index is 12.0. The summed E-state index contributed by atoms with van der Waals surface area (Å²) in [5, 5.41) is 0.652. The predicted molar refractivity (Wildman–Crippen MR) is 111 cm³/mol. The summed E-state index contributed by atoms with van der Waals surface area (Å²) < 4.78 is 14.3. The Morgan fingerprint density at radius 2 is 2.18 bits per heavy atom. The number of ether oxygens (including phenoxy) is 1. The molecule has 1 saturated heterocycles. The molecule has 7 nitrogen and oxygen atoms in total. The molecule has 2 N–H and O–H groups in total. The Balaban J connectivity index is 2.01. The van der Waals surface area contributed by atoms with Gasteiger partial charge in [0.25, 0.3) is 0 Å². The van der Waals surface area contributed by atoms with Crippen LogP contribution in [0, 0.1) is 12.3 Å². The van der Waals surface area contributed by atoms with Crippen LogP contribution in [0.1, 0.15) is 33.4 Å². The van der Waals surface area contributed by atoms with Crippen LogP contribution in [-0.2, 0) is 14.0 Å². The molecule has 0 bridgehead atoms. The van der Waals surface area contributed by atoms with Crippen LogP contribution in [0.2, 0.25) is 23.4 Å². The lowest BCUT2D eigenvalue weighted by Gasteiger charge is -2.40. The minimum absolute atomic E-state index is 0.0376. The molecule has 0 amide bonds. The number of nitrogens with two attached hydrogens (primary N) is 1. The van der Waals surface area contributed by atoms with Gasteiger partial charge in [0, 0.05) is 12.6 Å². The highest BCUT2D eigenvalue weighted by Crippen LogP contribution is 2.44. The van der Waals surface area contributed by atoms with Crippen molar-refractivity contribution < 1.29 is 14.0 Å². The van der Waals surface area contributed by atoms with Crippen LogP contribution in [0.5, 0.6) is 0 Å². The van der Waals surface area contributed by atoms with Crippen LogP contribution in [0.3, 0.4) is 0 Å². The van der Waals surface area contributed by atoms with Crippen molar-refractivity contribution in [1.29, 1.82) is 0 Å². The highest BCUT2D eigenvalue weighted by molar-refractivity contribution is 6.74. The normalized spacial score (nSPS) is 25.8. The molecule has 0 spiro atoms. The number of fused-ring (bicyclic) bond motifs is 1. The molecular formula is C19H25ClN4O3Si. The van der Waals surface area contributed by atoms with Gasteiger partial charge in [0.1, 0.15) is 17.7 Å². The second-order valence-electron chi connectivity index (χ2n) is 8.57. The van der Waals surface area contributed by atoms with Crippen molar-refractivity contribution in [1.82, 2.24) is 14.5 Å². The fourth-order valence-corrected chi connectivity index (χ4v) is 4.58. The monoisotopic (exact) mass is 420 g/mol. The van der Waals surface area contributed by atoms with E-state index >= 15 is 0 Å². The number of carbonyl (C=O) groups excluding carboxylic acids is 1. The fraction of sp³-hybridized carbons (Fsp3) is 0.526. The van der Waals surface area contributed by atoms with Gasteiger partial charge in [-0.25, -0.2) is 4.98 Å². The Bertz CT molecular complexity index is 962. The minimum atomic E-state index is -2.19. The van der Waals surface area contributed by atoms with Crippen molar-refractivity contribution >= 4 is 43.1 Å². The summed E-state index contributed by atoms with van der Waals surface area (Å²) in [6, 6.07) is 1.78. The largest absolute Gasteiger partial charge is 0.409 e. The third-order valence-corrected chi connectivity index (χ3v) is 10.4. The lowest BCUT2D eigenvalue weighted by molar-refractivity contribution is -0.131. The predicted octanol–water partition coefficient (Wildman–Crippen LogP) is 3.55. The maximum Gasteiger partial charge on any atom is 0.226 e. The fourth-order valence-electron chi connectivity index (χ4n) is 3.07.